The van der Waals surface area contributed by atoms with Crippen LogP contribution in [0.3, 0.4) is 0 Å². The van der Waals surface area contributed by atoms with E-state index in [1.165, 1.54) is 0 Å². The molecule has 37 heavy (non-hydrogen) atoms. The Morgan fingerprint density at radius 3 is 2.51 bits per heavy atom. The van der Waals surface area contributed by atoms with Gasteiger partial charge in [0.2, 0.25) is 0 Å². The maximum atomic E-state index is 13.4. The van der Waals surface area contributed by atoms with E-state index in [9.17, 15) is 18.3 Å². The maximum Gasteiger partial charge on any atom is 0.319 e. The third kappa shape index (κ3) is 5.44. The first-order chi connectivity index (χ1) is 17.5. The minimum atomic E-state index is -3.31. The molecule has 2 aromatic rings. The van der Waals surface area contributed by atoms with E-state index in [4.69, 9.17) is 14.7 Å². The highest BCUT2D eigenvalue weighted by atomic mass is 32.2. The van der Waals surface area contributed by atoms with Crippen molar-refractivity contribution in [3.63, 3.8) is 0 Å². The molecule has 2 amide bonds. The molecule has 11 heteroatoms. The monoisotopic (exact) mass is 529 g/mol. The minimum Gasteiger partial charge on any atom is -0.389 e. The quantitative estimate of drug-likeness (QED) is 0.475. The predicted molar refractivity (Wildman–Crippen MR) is 141 cm³/mol. The average molecular weight is 530 g/mol. The molecule has 3 fully saturated rings. The van der Waals surface area contributed by atoms with Crippen LogP contribution in [0.5, 0.6) is 0 Å². The molecule has 2 heterocycles. The van der Waals surface area contributed by atoms with Crippen molar-refractivity contribution in [2.45, 2.75) is 68.1 Å². The van der Waals surface area contributed by atoms with Crippen LogP contribution >= 0.6 is 0 Å². The topological polar surface area (TPSA) is 134 Å². The van der Waals surface area contributed by atoms with Gasteiger partial charge >= 0.3 is 6.03 Å². The van der Waals surface area contributed by atoms with E-state index in [1.54, 1.807) is 26.0 Å². The minimum absolute atomic E-state index is 0.105. The van der Waals surface area contributed by atoms with Gasteiger partial charge in [0.15, 0.2) is 15.7 Å². The fourth-order valence-corrected chi connectivity index (χ4v) is 7.15. The summed E-state index contributed by atoms with van der Waals surface area (Å²) < 4.78 is 31.4. The second kappa shape index (κ2) is 9.52. The fourth-order valence-electron chi connectivity index (χ4n) is 4.68. The van der Waals surface area contributed by atoms with E-state index in [2.05, 4.69) is 22.5 Å². The molecule has 0 bridgehead atoms. The molecule has 1 aliphatic heterocycles. The number of morpholine rings is 1. The number of nitrogens with one attached hydrogen (secondary N) is 2. The van der Waals surface area contributed by atoms with Gasteiger partial charge in [-0.3, -0.25) is 0 Å². The summed E-state index contributed by atoms with van der Waals surface area (Å²) in [5.41, 5.74) is 0.869. The van der Waals surface area contributed by atoms with Crippen molar-refractivity contribution in [3.8, 4) is 11.4 Å². The number of benzene rings is 1. The standard InChI is InChI=1S/C26H35N5O5S/c1-17-15-36-13-12-31(17)22-14-21(26(10-11-26)37(34,35)20-8-9-20)29-23(30-22)18-4-6-19(7-5-18)28-24(32)27-16-25(2,3)33/h4-7,14,17,20,33H,8-13,15-16H2,1-3H3,(H2,27,28,32)/t17-/m0/s1. The molecule has 2 aliphatic carbocycles. The molecule has 1 saturated heterocycles. The van der Waals surface area contributed by atoms with Crippen LogP contribution < -0.4 is 15.5 Å². The molecule has 0 spiro atoms. The SMILES string of the molecule is C[C@H]1COCCN1c1cc(C2(S(=O)(=O)C3CC3)CC2)nc(-c2ccc(NC(=O)NCC(C)(C)O)cc2)n1. The van der Waals surface area contributed by atoms with Crippen molar-refractivity contribution in [2.75, 3.05) is 36.5 Å². The molecule has 0 radical (unpaired) electrons. The smallest absolute Gasteiger partial charge is 0.319 e. The number of hydrogen-bond donors (Lipinski definition) is 3. The van der Waals surface area contributed by atoms with Crippen molar-refractivity contribution in [1.29, 1.82) is 0 Å². The highest BCUT2D eigenvalue weighted by Gasteiger charge is 2.61. The summed E-state index contributed by atoms with van der Waals surface area (Å²) in [7, 11) is -3.31. The zero-order chi connectivity index (χ0) is 26.4. The molecule has 1 aromatic carbocycles. The number of amides is 2. The van der Waals surface area contributed by atoms with E-state index < -0.39 is 26.2 Å². The maximum absolute atomic E-state index is 13.4. The Balaban J connectivity index is 1.44. The van der Waals surface area contributed by atoms with Crippen LogP contribution in [0.2, 0.25) is 0 Å². The highest BCUT2D eigenvalue weighted by molar-refractivity contribution is 7.93. The fraction of sp³-hybridized carbons (Fsp3) is 0.577. The van der Waals surface area contributed by atoms with E-state index >= 15 is 0 Å². The number of ether oxygens (including phenoxy) is 1. The number of carbonyl (C=O) groups is 1. The van der Waals surface area contributed by atoms with Crippen LogP contribution in [-0.2, 0) is 19.3 Å². The second-order valence-corrected chi connectivity index (χ2v) is 13.5. The van der Waals surface area contributed by atoms with Gasteiger partial charge in [0.25, 0.3) is 0 Å². The first-order valence-corrected chi connectivity index (χ1v) is 14.4. The predicted octanol–water partition coefficient (Wildman–Crippen LogP) is 2.83. The van der Waals surface area contributed by atoms with Crippen molar-refractivity contribution in [1.82, 2.24) is 15.3 Å². The number of anilines is 2. The molecule has 1 atom stereocenters. The summed E-state index contributed by atoms with van der Waals surface area (Å²) in [5.74, 6) is 1.17. The molecule has 0 unspecified atom stereocenters. The van der Waals surface area contributed by atoms with E-state index in [1.807, 2.05) is 18.2 Å². The number of carbonyl (C=O) groups excluding carboxylic acids is 1. The van der Waals surface area contributed by atoms with Crippen LogP contribution in [-0.4, -0.2) is 72.7 Å². The number of aliphatic hydroxyl groups is 1. The Hall–Kier alpha value is -2.76. The largest absolute Gasteiger partial charge is 0.389 e. The number of hydrogen-bond acceptors (Lipinski definition) is 8. The Kier molecular flexibility index (Phi) is 6.66. The lowest BCUT2D eigenvalue weighted by Gasteiger charge is -2.34. The van der Waals surface area contributed by atoms with Crippen LogP contribution in [0.4, 0.5) is 16.3 Å². The number of nitrogens with zero attached hydrogens (tertiary/aromatic N) is 3. The third-order valence-electron chi connectivity index (χ3n) is 7.14. The molecular formula is C26H35N5O5S. The van der Waals surface area contributed by atoms with Gasteiger partial charge < -0.3 is 25.4 Å². The van der Waals surface area contributed by atoms with Crippen molar-refractivity contribution >= 4 is 27.4 Å². The summed E-state index contributed by atoms with van der Waals surface area (Å²) in [6.07, 6.45) is 2.63. The van der Waals surface area contributed by atoms with Gasteiger partial charge in [-0.05, 0) is 70.7 Å². The third-order valence-corrected chi connectivity index (χ3v) is 10.2. The first kappa shape index (κ1) is 25.9. The molecule has 5 rings (SSSR count). The number of rotatable bonds is 8. The van der Waals surface area contributed by atoms with Gasteiger partial charge in [0.05, 0.1) is 35.8 Å². The van der Waals surface area contributed by atoms with Crippen LogP contribution in [0.15, 0.2) is 30.3 Å². The summed E-state index contributed by atoms with van der Waals surface area (Å²) in [6.45, 7) is 7.25. The molecular weight excluding hydrogens is 494 g/mol. The van der Waals surface area contributed by atoms with Crippen LogP contribution in [0, 0.1) is 0 Å². The Morgan fingerprint density at radius 2 is 1.92 bits per heavy atom. The molecule has 10 nitrogen and oxygen atoms in total. The summed E-state index contributed by atoms with van der Waals surface area (Å²) in [6, 6.07) is 8.67. The molecule has 200 valence electrons. The van der Waals surface area contributed by atoms with Gasteiger partial charge in [-0.1, -0.05) is 0 Å². The van der Waals surface area contributed by atoms with Gasteiger partial charge in [0, 0.05) is 30.4 Å². The first-order valence-electron chi connectivity index (χ1n) is 12.8. The number of urea groups is 1. The van der Waals surface area contributed by atoms with E-state index in [0.29, 0.717) is 55.6 Å². The van der Waals surface area contributed by atoms with Crippen molar-refractivity contribution in [3.05, 3.63) is 36.0 Å². The number of sulfone groups is 1. The van der Waals surface area contributed by atoms with Crippen molar-refractivity contribution in [2.24, 2.45) is 0 Å². The normalized spacial score (nSPS) is 21.4. The van der Waals surface area contributed by atoms with Crippen molar-refractivity contribution < 1.29 is 23.1 Å². The van der Waals surface area contributed by atoms with E-state index in [0.717, 1.165) is 18.4 Å². The summed E-state index contributed by atoms with van der Waals surface area (Å²) in [4.78, 5) is 24.0. The summed E-state index contributed by atoms with van der Waals surface area (Å²) in [5, 5.41) is 14.9. The number of aromatic nitrogens is 2. The zero-order valence-electron chi connectivity index (χ0n) is 21.5. The van der Waals surface area contributed by atoms with Gasteiger partial charge in [0.1, 0.15) is 10.6 Å². The van der Waals surface area contributed by atoms with Crippen LogP contribution in [0.25, 0.3) is 11.4 Å². The van der Waals surface area contributed by atoms with Gasteiger partial charge in [-0.25, -0.2) is 23.2 Å². The molecule has 3 aliphatic rings. The Morgan fingerprint density at radius 1 is 1.22 bits per heavy atom. The van der Waals surface area contributed by atoms with E-state index in [-0.39, 0.29) is 17.8 Å². The molecule has 1 aromatic heterocycles. The molecule has 3 N–H and O–H groups in total. The Labute approximate surface area is 217 Å². The second-order valence-electron chi connectivity index (χ2n) is 11.0. The van der Waals surface area contributed by atoms with Gasteiger partial charge in [-0.15, -0.1) is 0 Å². The summed E-state index contributed by atoms with van der Waals surface area (Å²) >= 11 is 0. The lowest BCUT2D eigenvalue weighted by molar-refractivity contribution is 0.0826. The van der Waals surface area contributed by atoms with Gasteiger partial charge in [-0.2, -0.15) is 0 Å². The van der Waals surface area contributed by atoms with Crippen LogP contribution in [0.1, 0.15) is 52.1 Å². The Bertz CT molecular complexity index is 1270. The lowest BCUT2D eigenvalue weighted by atomic mass is 10.1. The molecule has 2 saturated carbocycles. The zero-order valence-corrected chi connectivity index (χ0v) is 22.3. The average Bonchev–Trinajstić information content (AvgIpc) is 3.76. The highest BCUT2D eigenvalue weighted by Crippen LogP contribution is 2.57. The lowest BCUT2D eigenvalue weighted by Crippen LogP contribution is -2.44.